The molecule has 0 aliphatic heterocycles. The number of ether oxygens (including phenoxy) is 1. The molecular weight excluding hydrogens is 352 g/mol. The molecule has 2 rings (SSSR count). The largest absolute Gasteiger partial charge is 0.496 e. The van der Waals surface area contributed by atoms with E-state index in [1.54, 1.807) is 19.2 Å². The Bertz CT molecular complexity index is 849. The third-order valence-corrected chi connectivity index (χ3v) is 4.66. The minimum Gasteiger partial charge on any atom is -0.496 e. The summed E-state index contributed by atoms with van der Waals surface area (Å²) >= 11 is 0. The number of rotatable bonds is 9. The summed E-state index contributed by atoms with van der Waals surface area (Å²) < 4.78 is 31.4. The van der Waals surface area contributed by atoms with Gasteiger partial charge in [-0.25, -0.2) is 13.1 Å². The number of carbonyl (C=O) groups excluding carboxylic acids is 1. The lowest BCUT2D eigenvalue weighted by Gasteiger charge is -2.09. The summed E-state index contributed by atoms with van der Waals surface area (Å²) in [5.74, 6) is 0.449. The van der Waals surface area contributed by atoms with Crippen LogP contribution in [-0.2, 0) is 21.4 Å². The van der Waals surface area contributed by atoms with Crippen molar-refractivity contribution < 1.29 is 17.9 Å². The first-order valence-corrected chi connectivity index (χ1v) is 9.66. The molecule has 0 saturated heterocycles. The highest BCUT2D eigenvalue weighted by Crippen LogP contribution is 2.16. The predicted molar refractivity (Wildman–Crippen MR) is 102 cm³/mol. The van der Waals surface area contributed by atoms with Gasteiger partial charge in [0.15, 0.2) is 0 Å². The quantitative estimate of drug-likeness (QED) is 0.705. The van der Waals surface area contributed by atoms with Gasteiger partial charge in [0.1, 0.15) is 5.75 Å². The number of benzene rings is 2. The third-order valence-electron chi connectivity index (χ3n) is 3.56. The first-order chi connectivity index (χ1) is 12.5. The summed E-state index contributed by atoms with van der Waals surface area (Å²) in [4.78, 5) is 11.9. The zero-order valence-electron chi connectivity index (χ0n) is 14.5. The van der Waals surface area contributed by atoms with Gasteiger partial charge in [0.05, 0.1) is 7.11 Å². The van der Waals surface area contributed by atoms with Crippen LogP contribution >= 0.6 is 0 Å². The summed E-state index contributed by atoms with van der Waals surface area (Å²) in [6.45, 7) is 0.350. The van der Waals surface area contributed by atoms with Gasteiger partial charge in [-0.3, -0.25) is 4.79 Å². The molecule has 0 heterocycles. The molecule has 7 heteroatoms. The van der Waals surface area contributed by atoms with Crippen molar-refractivity contribution >= 4 is 22.0 Å². The van der Waals surface area contributed by atoms with Gasteiger partial charge in [-0.15, -0.1) is 0 Å². The zero-order chi connectivity index (χ0) is 18.8. The molecular formula is C19H22N2O4S. The molecule has 0 saturated carbocycles. The highest BCUT2D eigenvalue weighted by atomic mass is 32.2. The van der Waals surface area contributed by atoms with Crippen LogP contribution in [0.5, 0.6) is 5.75 Å². The smallest absolute Gasteiger partial charge is 0.233 e. The van der Waals surface area contributed by atoms with E-state index in [2.05, 4.69) is 10.0 Å². The fourth-order valence-electron chi connectivity index (χ4n) is 2.22. The van der Waals surface area contributed by atoms with Crippen molar-refractivity contribution in [3.05, 3.63) is 71.1 Å². The van der Waals surface area contributed by atoms with E-state index in [4.69, 9.17) is 4.74 Å². The van der Waals surface area contributed by atoms with Crippen LogP contribution < -0.4 is 14.8 Å². The molecule has 0 spiro atoms. The van der Waals surface area contributed by atoms with Gasteiger partial charge in [0, 0.05) is 30.5 Å². The minimum atomic E-state index is -3.58. The van der Waals surface area contributed by atoms with E-state index in [0.29, 0.717) is 12.3 Å². The van der Waals surface area contributed by atoms with E-state index < -0.39 is 10.0 Å². The van der Waals surface area contributed by atoms with E-state index in [1.807, 2.05) is 42.5 Å². The molecule has 2 aromatic rings. The van der Waals surface area contributed by atoms with Crippen molar-refractivity contribution in [2.45, 2.75) is 13.0 Å². The first kappa shape index (κ1) is 19.7. The summed E-state index contributed by atoms with van der Waals surface area (Å²) in [6.07, 6.45) is 1.55. The van der Waals surface area contributed by atoms with Crippen molar-refractivity contribution in [3.63, 3.8) is 0 Å². The summed E-state index contributed by atoms with van der Waals surface area (Å²) in [5, 5.41) is 3.84. The molecule has 2 N–H and O–H groups in total. The normalized spacial score (nSPS) is 11.4. The van der Waals surface area contributed by atoms with Gasteiger partial charge < -0.3 is 10.1 Å². The molecule has 1 amide bonds. The van der Waals surface area contributed by atoms with Crippen LogP contribution in [0.1, 0.15) is 17.5 Å². The van der Waals surface area contributed by atoms with Gasteiger partial charge >= 0.3 is 0 Å². The Morgan fingerprint density at radius 1 is 1.08 bits per heavy atom. The highest BCUT2D eigenvalue weighted by molar-refractivity contribution is 7.92. The lowest BCUT2D eigenvalue weighted by molar-refractivity contribution is -0.121. The molecule has 0 atom stereocenters. The van der Waals surface area contributed by atoms with Crippen LogP contribution in [0.25, 0.3) is 6.08 Å². The van der Waals surface area contributed by atoms with Crippen LogP contribution in [-0.4, -0.2) is 28.0 Å². The van der Waals surface area contributed by atoms with E-state index in [-0.39, 0.29) is 18.9 Å². The van der Waals surface area contributed by atoms with Crippen molar-refractivity contribution in [1.29, 1.82) is 0 Å². The van der Waals surface area contributed by atoms with Crippen LogP contribution in [0.15, 0.2) is 60.0 Å². The van der Waals surface area contributed by atoms with E-state index in [9.17, 15) is 13.2 Å². The second-order valence-corrected chi connectivity index (χ2v) is 7.14. The fourth-order valence-corrected chi connectivity index (χ4v) is 3.04. The highest BCUT2D eigenvalue weighted by Gasteiger charge is 2.08. The van der Waals surface area contributed by atoms with E-state index in [0.717, 1.165) is 16.5 Å². The molecule has 0 bridgehead atoms. The number of sulfonamides is 1. The molecule has 0 unspecified atom stereocenters. The standard InChI is InChI=1S/C19H22N2O4S/c1-25-18-10-6-5-9-17(18)15-20-19(22)11-13-21-26(23,24)14-12-16-7-3-2-4-8-16/h2-10,12,14,21H,11,13,15H2,1H3,(H,20,22)/b14-12+. The number of nitrogens with one attached hydrogen (secondary N) is 2. The molecule has 26 heavy (non-hydrogen) atoms. The van der Waals surface area contributed by atoms with Crippen molar-refractivity contribution in [2.24, 2.45) is 0 Å². The maximum absolute atomic E-state index is 11.9. The Balaban J connectivity index is 1.76. The SMILES string of the molecule is COc1ccccc1CNC(=O)CCNS(=O)(=O)/C=C/c1ccccc1. The molecule has 0 aliphatic carbocycles. The lowest BCUT2D eigenvalue weighted by atomic mass is 10.2. The van der Waals surface area contributed by atoms with Crippen molar-refractivity contribution in [2.75, 3.05) is 13.7 Å². The molecule has 6 nitrogen and oxygen atoms in total. The molecule has 0 fully saturated rings. The molecule has 138 valence electrons. The summed E-state index contributed by atoms with van der Waals surface area (Å²) in [7, 11) is -2.02. The second-order valence-electron chi connectivity index (χ2n) is 5.49. The first-order valence-electron chi connectivity index (χ1n) is 8.11. The van der Waals surface area contributed by atoms with Gasteiger partial charge in [0.2, 0.25) is 15.9 Å². The Hall–Kier alpha value is -2.64. The molecule has 2 aromatic carbocycles. The van der Waals surface area contributed by atoms with Crippen LogP contribution in [0.3, 0.4) is 0 Å². The maximum atomic E-state index is 11.9. The van der Waals surface area contributed by atoms with Crippen molar-refractivity contribution in [1.82, 2.24) is 10.0 Å². The topological polar surface area (TPSA) is 84.5 Å². The monoisotopic (exact) mass is 374 g/mol. The zero-order valence-corrected chi connectivity index (χ0v) is 15.3. The van der Waals surface area contributed by atoms with E-state index >= 15 is 0 Å². The lowest BCUT2D eigenvalue weighted by Crippen LogP contribution is -2.29. The number of hydrogen-bond donors (Lipinski definition) is 2. The average molecular weight is 374 g/mol. The van der Waals surface area contributed by atoms with Gasteiger partial charge in [-0.1, -0.05) is 48.5 Å². The van der Waals surface area contributed by atoms with Crippen molar-refractivity contribution in [3.8, 4) is 5.75 Å². The summed E-state index contributed by atoms with van der Waals surface area (Å²) in [6, 6.07) is 16.5. The molecule has 0 radical (unpaired) electrons. The molecule has 0 aromatic heterocycles. The van der Waals surface area contributed by atoms with Crippen LogP contribution in [0, 0.1) is 0 Å². The Morgan fingerprint density at radius 3 is 2.50 bits per heavy atom. The summed E-state index contributed by atoms with van der Waals surface area (Å²) in [5.41, 5.74) is 1.64. The van der Waals surface area contributed by atoms with E-state index in [1.165, 1.54) is 6.08 Å². The number of hydrogen-bond acceptors (Lipinski definition) is 4. The van der Waals surface area contributed by atoms with Crippen LogP contribution in [0.2, 0.25) is 0 Å². The number of methoxy groups -OCH3 is 1. The number of para-hydroxylation sites is 1. The Morgan fingerprint density at radius 2 is 1.77 bits per heavy atom. The molecule has 0 aliphatic rings. The number of carbonyl (C=O) groups is 1. The van der Waals surface area contributed by atoms with Crippen LogP contribution in [0.4, 0.5) is 0 Å². The predicted octanol–water partition coefficient (Wildman–Crippen LogP) is 2.29. The maximum Gasteiger partial charge on any atom is 0.233 e. The third kappa shape index (κ3) is 6.70. The van der Waals surface area contributed by atoms with Gasteiger partial charge in [-0.2, -0.15) is 0 Å². The van der Waals surface area contributed by atoms with Gasteiger partial charge in [-0.05, 0) is 17.7 Å². The number of amides is 1. The Kier molecular flexibility index (Phi) is 7.37. The second kappa shape index (κ2) is 9.74. The fraction of sp³-hybridized carbons (Fsp3) is 0.211. The van der Waals surface area contributed by atoms with Gasteiger partial charge in [0.25, 0.3) is 0 Å². The minimum absolute atomic E-state index is 0.0270. The Labute approximate surface area is 153 Å². The average Bonchev–Trinajstić information content (AvgIpc) is 2.66.